The van der Waals surface area contributed by atoms with Gasteiger partial charge in [0.1, 0.15) is 0 Å². The highest BCUT2D eigenvalue weighted by Crippen LogP contribution is 2.40. The molecule has 2 unspecified atom stereocenters. The van der Waals surface area contributed by atoms with Crippen LogP contribution in [0.4, 0.5) is 0 Å². The normalized spacial score (nSPS) is 29.3. The molecule has 0 aromatic carbocycles. The number of allylic oxidation sites excluding steroid dienone is 4. The quantitative estimate of drug-likeness (QED) is 0.534. The van der Waals surface area contributed by atoms with Gasteiger partial charge >= 0.3 is 0 Å². The van der Waals surface area contributed by atoms with Crippen molar-refractivity contribution in [2.75, 3.05) is 0 Å². The van der Waals surface area contributed by atoms with Gasteiger partial charge in [0.15, 0.2) is 0 Å². The van der Waals surface area contributed by atoms with Gasteiger partial charge < -0.3 is 4.55 Å². The van der Waals surface area contributed by atoms with Gasteiger partial charge in [0.25, 0.3) is 0 Å². The van der Waals surface area contributed by atoms with E-state index in [0.29, 0.717) is 10.8 Å². The van der Waals surface area contributed by atoms with Crippen LogP contribution in [0.15, 0.2) is 22.6 Å². The Balaban J connectivity index is 2.79. The summed E-state index contributed by atoms with van der Waals surface area (Å²) < 4.78 is 22.0. The maximum absolute atomic E-state index is 11.0. The molecule has 1 rings (SSSR count). The highest BCUT2D eigenvalue weighted by molar-refractivity contribution is 7.83. The average molecular weight is 213 g/mol. The molecule has 0 spiro atoms. The zero-order valence-corrected chi connectivity index (χ0v) is 9.76. The first-order valence-electron chi connectivity index (χ1n) is 4.96. The van der Waals surface area contributed by atoms with Crippen molar-refractivity contribution in [2.24, 2.45) is 11.8 Å². The molecule has 0 amide bonds. The lowest BCUT2D eigenvalue weighted by molar-refractivity contribution is 0.244. The van der Waals surface area contributed by atoms with Gasteiger partial charge in [-0.25, -0.2) is 0 Å². The minimum Gasteiger partial charge on any atom is -0.769 e. The van der Waals surface area contributed by atoms with E-state index in [0.717, 1.165) is 18.4 Å². The highest BCUT2D eigenvalue weighted by Gasteiger charge is 2.30. The van der Waals surface area contributed by atoms with E-state index < -0.39 is 11.1 Å². The van der Waals surface area contributed by atoms with Gasteiger partial charge in [-0.2, -0.15) is 0 Å². The van der Waals surface area contributed by atoms with Crippen LogP contribution >= 0.6 is 0 Å². The Labute approximate surface area is 88.4 Å². The molecule has 1 aliphatic rings. The average Bonchev–Trinajstić information content (AvgIpc) is 2.08. The molecule has 0 heterocycles. The van der Waals surface area contributed by atoms with E-state index >= 15 is 0 Å². The van der Waals surface area contributed by atoms with Crippen molar-refractivity contribution >= 4 is 11.1 Å². The fraction of sp³-hybridized carbons (Fsp3) is 0.636. The molecule has 1 aliphatic carbocycles. The smallest absolute Gasteiger partial charge is 0.00576 e. The molecule has 14 heavy (non-hydrogen) atoms. The predicted molar refractivity (Wildman–Crippen MR) is 58.3 cm³/mol. The van der Waals surface area contributed by atoms with Crippen molar-refractivity contribution in [1.29, 1.82) is 0 Å². The molecule has 0 radical (unpaired) electrons. The fourth-order valence-electron chi connectivity index (χ4n) is 1.64. The highest BCUT2D eigenvalue weighted by atomic mass is 32.2. The summed E-state index contributed by atoms with van der Waals surface area (Å²) in [6.45, 7) is 6.04. The van der Waals surface area contributed by atoms with Gasteiger partial charge in [0.05, 0.1) is 0 Å². The summed E-state index contributed by atoms with van der Waals surface area (Å²) in [7, 11) is 0. The van der Waals surface area contributed by atoms with E-state index in [1.165, 1.54) is 0 Å². The summed E-state index contributed by atoms with van der Waals surface area (Å²) in [5, 5.41) is 0. The maximum atomic E-state index is 11.0. The molecule has 0 N–H and O–H groups in total. The van der Waals surface area contributed by atoms with Gasteiger partial charge in [0, 0.05) is 4.91 Å². The van der Waals surface area contributed by atoms with E-state index in [2.05, 4.69) is 6.92 Å². The molecular formula is C11H17O2S-. The molecule has 1 saturated carbocycles. The minimum atomic E-state index is -2.05. The van der Waals surface area contributed by atoms with Crippen LogP contribution in [0.25, 0.3) is 0 Å². The van der Waals surface area contributed by atoms with Crippen LogP contribution in [-0.2, 0) is 11.1 Å². The van der Waals surface area contributed by atoms with E-state index in [-0.39, 0.29) is 5.92 Å². The largest absolute Gasteiger partial charge is 0.769 e. The van der Waals surface area contributed by atoms with Crippen molar-refractivity contribution in [3.63, 3.8) is 0 Å². The first-order chi connectivity index (χ1) is 6.52. The van der Waals surface area contributed by atoms with Crippen LogP contribution in [0.5, 0.6) is 0 Å². The molecule has 0 aromatic heterocycles. The lowest BCUT2D eigenvalue weighted by Crippen LogP contribution is -2.26. The molecule has 3 atom stereocenters. The molecule has 3 heteroatoms. The van der Waals surface area contributed by atoms with E-state index in [1.807, 2.05) is 19.9 Å². The zero-order chi connectivity index (χ0) is 10.7. The Morgan fingerprint density at radius 3 is 2.29 bits per heavy atom. The molecule has 0 aliphatic heterocycles. The molecule has 0 bridgehead atoms. The Kier molecular flexibility index (Phi) is 4.08. The number of hydrogen-bond acceptors (Lipinski definition) is 2. The Hall–Kier alpha value is -0.410. The molecular weight excluding hydrogens is 196 g/mol. The minimum absolute atomic E-state index is 0.254. The van der Waals surface area contributed by atoms with Crippen molar-refractivity contribution in [2.45, 2.75) is 33.6 Å². The van der Waals surface area contributed by atoms with E-state index in [4.69, 9.17) is 0 Å². The van der Waals surface area contributed by atoms with Gasteiger partial charge in [-0.3, -0.25) is 4.21 Å². The summed E-state index contributed by atoms with van der Waals surface area (Å²) >= 11 is -2.05. The van der Waals surface area contributed by atoms with Gasteiger partial charge in [-0.15, -0.1) is 0 Å². The van der Waals surface area contributed by atoms with Gasteiger partial charge in [-0.1, -0.05) is 24.6 Å². The lowest BCUT2D eigenvalue weighted by atomic mass is 9.74. The topological polar surface area (TPSA) is 40.1 Å². The maximum Gasteiger partial charge on any atom is 0.00576 e. The van der Waals surface area contributed by atoms with Crippen LogP contribution < -0.4 is 0 Å². The third-order valence-corrected chi connectivity index (χ3v) is 3.58. The van der Waals surface area contributed by atoms with Crippen LogP contribution in [0.1, 0.15) is 33.6 Å². The Morgan fingerprint density at radius 1 is 1.36 bits per heavy atom. The third-order valence-electron chi connectivity index (χ3n) is 2.76. The molecule has 1 fully saturated rings. The van der Waals surface area contributed by atoms with Crippen molar-refractivity contribution < 1.29 is 8.76 Å². The third kappa shape index (κ3) is 2.79. The second-order valence-corrected chi connectivity index (χ2v) is 5.15. The van der Waals surface area contributed by atoms with Crippen LogP contribution in [-0.4, -0.2) is 8.76 Å². The summed E-state index contributed by atoms with van der Waals surface area (Å²) in [5.41, 5.74) is 1.12. The SMILES string of the molecule is CC(C)=C/C=C(\[C@H]1CCC1C)S(=O)[O-]. The second-order valence-electron chi connectivity index (χ2n) is 4.21. The molecule has 0 aromatic rings. The van der Waals surface area contributed by atoms with E-state index in [9.17, 15) is 8.76 Å². The monoisotopic (exact) mass is 213 g/mol. The standard InChI is InChI=1S/C11H18O2S/c1-8(2)4-7-11(14(12)13)10-6-5-9(10)3/h4,7,9-10H,5-6H2,1-3H3,(H,12,13)/p-1/b11-7+/t9?,10-/m0/s1. The summed E-state index contributed by atoms with van der Waals surface area (Å²) in [6, 6.07) is 0. The molecule has 0 saturated heterocycles. The molecule has 80 valence electrons. The number of rotatable bonds is 3. The van der Waals surface area contributed by atoms with Crippen molar-refractivity contribution in [1.82, 2.24) is 0 Å². The van der Waals surface area contributed by atoms with E-state index in [1.54, 1.807) is 6.08 Å². The summed E-state index contributed by atoms with van der Waals surface area (Å²) in [5.74, 6) is 0.772. The first kappa shape index (κ1) is 11.7. The van der Waals surface area contributed by atoms with Gasteiger partial charge in [0.2, 0.25) is 0 Å². The van der Waals surface area contributed by atoms with Crippen LogP contribution in [0.2, 0.25) is 0 Å². The van der Waals surface area contributed by atoms with Gasteiger partial charge in [-0.05, 0) is 49.6 Å². The number of hydrogen-bond donors (Lipinski definition) is 0. The Bertz CT molecular complexity index is 288. The van der Waals surface area contributed by atoms with Crippen LogP contribution in [0.3, 0.4) is 0 Å². The second kappa shape index (κ2) is 4.89. The van der Waals surface area contributed by atoms with Crippen LogP contribution in [0, 0.1) is 11.8 Å². The van der Waals surface area contributed by atoms with Crippen molar-refractivity contribution in [3.8, 4) is 0 Å². The predicted octanol–water partition coefficient (Wildman–Crippen LogP) is 2.76. The summed E-state index contributed by atoms with van der Waals surface area (Å²) in [6.07, 6.45) is 5.78. The fourth-order valence-corrected chi connectivity index (χ4v) is 2.42. The zero-order valence-electron chi connectivity index (χ0n) is 8.95. The Morgan fingerprint density at radius 2 is 2.00 bits per heavy atom. The summed E-state index contributed by atoms with van der Waals surface area (Å²) in [4.78, 5) is 0.574. The first-order valence-corrected chi connectivity index (χ1v) is 6.04. The lowest BCUT2D eigenvalue weighted by Gasteiger charge is -2.36. The van der Waals surface area contributed by atoms with Crippen molar-refractivity contribution in [3.05, 3.63) is 22.6 Å². The molecule has 2 nitrogen and oxygen atoms in total.